The zero-order chi connectivity index (χ0) is 15.0. The van der Waals surface area contributed by atoms with Crippen molar-refractivity contribution in [1.29, 1.82) is 0 Å². The van der Waals surface area contributed by atoms with Crippen LogP contribution in [-0.4, -0.2) is 22.8 Å². The van der Waals surface area contributed by atoms with Crippen LogP contribution >= 0.6 is 0 Å². The Kier molecular flexibility index (Phi) is 3.78. The second kappa shape index (κ2) is 5.45. The van der Waals surface area contributed by atoms with Gasteiger partial charge in [0, 0.05) is 25.2 Å². The molecule has 3 heteroatoms. The largest absolute Gasteiger partial charge is 0.381 e. The summed E-state index contributed by atoms with van der Waals surface area (Å²) >= 11 is 0. The van der Waals surface area contributed by atoms with Crippen LogP contribution in [0.15, 0.2) is 18.2 Å². The highest BCUT2D eigenvalue weighted by Gasteiger charge is 2.25. The molecule has 1 aliphatic rings. The molecule has 2 aromatic rings. The Balaban J connectivity index is 2.04. The molecule has 1 aromatic heterocycles. The van der Waals surface area contributed by atoms with Crippen LogP contribution in [0.4, 0.5) is 0 Å². The van der Waals surface area contributed by atoms with Crippen LogP contribution in [-0.2, 0) is 16.7 Å². The van der Waals surface area contributed by atoms with Crippen molar-refractivity contribution in [3.8, 4) is 0 Å². The minimum atomic E-state index is 0.0676. The first-order valence-corrected chi connectivity index (χ1v) is 8.00. The molecule has 0 radical (unpaired) electrons. The molecule has 3 rings (SSSR count). The summed E-state index contributed by atoms with van der Waals surface area (Å²) in [4.78, 5) is 4.94. The van der Waals surface area contributed by atoms with Gasteiger partial charge in [0.05, 0.1) is 11.0 Å². The van der Waals surface area contributed by atoms with Crippen molar-refractivity contribution in [1.82, 2.24) is 9.55 Å². The van der Waals surface area contributed by atoms with Gasteiger partial charge in [-0.2, -0.15) is 0 Å². The second-order valence-electron chi connectivity index (χ2n) is 7.34. The molecule has 1 saturated heterocycles. The highest BCUT2D eigenvalue weighted by atomic mass is 16.5. The van der Waals surface area contributed by atoms with Crippen LogP contribution < -0.4 is 0 Å². The third-order valence-electron chi connectivity index (χ3n) is 4.36. The molecule has 0 atom stereocenters. The lowest BCUT2D eigenvalue weighted by Crippen LogP contribution is -2.25. The SMILES string of the molecule is Cc1ccc2c(c1)nc(C(C)(C)C)n2CC1CCOCC1. The average Bonchev–Trinajstić information content (AvgIpc) is 2.78. The summed E-state index contributed by atoms with van der Waals surface area (Å²) in [5, 5.41) is 0. The van der Waals surface area contributed by atoms with E-state index in [4.69, 9.17) is 9.72 Å². The molecule has 0 unspecified atom stereocenters. The van der Waals surface area contributed by atoms with E-state index in [-0.39, 0.29) is 5.41 Å². The van der Waals surface area contributed by atoms with Crippen molar-refractivity contribution >= 4 is 11.0 Å². The quantitative estimate of drug-likeness (QED) is 0.832. The average molecular weight is 286 g/mol. The number of aryl methyl sites for hydroxylation is 1. The maximum atomic E-state index is 5.49. The smallest absolute Gasteiger partial charge is 0.115 e. The summed E-state index contributed by atoms with van der Waals surface area (Å²) in [7, 11) is 0. The van der Waals surface area contributed by atoms with E-state index in [1.807, 2.05) is 0 Å². The summed E-state index contributed by atoms with van der Waals surface area (Å²) < 4.78 is 7.94. The second-order valence-corrected chi connectivity index (χ2v) is 7.34. The number of hydrogen-bond acceptors (Lipinski definition) is 2. The summed E-state index contributed by atoms with van der Waals surface area (Å²) in [5.74, 6) is 1.91. The van der Waals surface area contributed by atoms with E-state index < -0.39 is 0 Å². The molecule has 0 saturated carbocycles. The van der Waals surface area contributed by atoms with Crippen molar-refractivity contribution in [2.24, 2.45) is 5.92 Å². The number of aromatic nitrogens is 2. The molecule has 1 aromatic carbocycles. The fourth-order valence-electron chi connectivity index (χ4n) is 3.18. The molecule has 114 valence electrons. The summed E-state index contributed by atoms with van der Waals surface area (Å²) in [6.07, 6.45) is 2.32. The number of ether oxygens (including phenoxy) is 1. The van der Waals surface area contributed by atoms with Gasteiger partial charge < -0.3 is 9.30 Å². The van der Waals surface area contributed by atoms with Crippen LogP contribution in [0.5, 0.6) is 0 Å². The van der Waals surface area contributed by atoms with Crippen LogP contribution in [0, 0.1) is 12.8 Å². The number of hydrogen-bond donors (Lipinski definition) is 0. The zero-order valence-corrected chi connectivity index (χ0v) is 13.6. The molecular formula is C18H26N2O. The van der Waals surface area contributed by atoms with Gasteiger partial charge in [0.2, 0.25) is 0 Å². The maximum Gasteiger partial charge on any atom is 0.115 e. The summed E-state index contributed by atoms with van der Waals surface area (Å²) in [6, 6.07) is 6.62. The first kappa shape index (κ1) is 14.6. The van der Waals surface area contributed by atoms with Crippen LogP contribution in [0.25, 0.3) is 11.0 Å². The standard InChI is InChI=1S/C18H26N2O/c1-13-5-6-16-15(11-13)19-17(18(2,3)4)20(16)12-14-7-9-21-10-8-14/h5-6,11,14H,7-10,12H2,1-4H3. The third-order valence-corrected chi connectivity index (χ3v) is 4.36. The molecule has 0 aliphatic carbocycles. The predicted molar refractivity (Wildman–Crippen MR) is 86.7 cm³/mol. The topological polar surface area (TPSA) is 27.1 Å². The lowest BCUT2D eigenvalue weighted by Gasteiger charge is -2.26. The van der Waals surface area contributed by atoms with Crippen molar-refractivity contribution in [3.05, 3.63) is 29.6 Å². The molecule has 0 bridgehead atoms. The minimum Gasteiger partial charge on any atom is -0.381 e. The number of nitrogens with zero attached hydrogens (tertiary/aromatic N) is 2. The molecule has 3 nitrogen and oxygen atoms in total. The van der Waals surface area contributed by atoms with E-state index in [1.165, 1.54) is 16.9 Å². The van der Waals surface area contributed by atoms with Gasteiger partial charge >= 0.3 is 0 Å². The Bertz CT molecular complexity index is 630. The van der Waals surface area contributed by atoms with E-state index in [9.17, 15) is 0 Å². The number of rotatable bonds is 2. The van der Waals surface area contributed by atoms with Crippen molar-refractivity contribution < 1.29 is 4.74 Å². The van der Waals surface area contributed by atoms with Gasteiger partial charge in [-0.1, -0.05) is 26.8 Å². The number of fused-ring (bicyclic) bond motifs is 1. The van der Waals surface area contributed by atoms with Gasteiger partial charge in [-0.15, -0.1) is 0 Å². The Morgan fingerprint density at radius 2 is 1.95 bits per heavy atom. The highest BCUT2D eigenvalue weighted by molar-refractivity contribution is 5.77. The normalized spacial score (nSPS) is 17.5. The Morgan fingerprint density at radius 3 is 2.62 bits per heavy atom. The first-order valence-electron chi connectivity index (χ1n) is 8.00. The van der Waals surface area contributed by atoms with Crippen LogP contribution in [0.2, 0.25) is 0 Å². The van der Waals surface area contributed by atoms with E-state index >= 15 is 0 Å². The third kappa shape index (κ3) is 2.98. The molecule has 0 N–H and O–H groups in total. The highest BCUT2D eigenvalue weighted by Crippen LogP contribution is 2.29. The fourth-order valence-corrected chi connectivity index (χ4v) is 3.18. The van der Waals surface area contributed by atoms with Crippen LogP contribution in [0.3, 0.4) is 0 Å². The van der Waals surface area contributed by atoms with Crippen molar-refractivity contribution in [2.45, 2.75) is 52.5 Å². The molecule has 0 amide bonds. The maximum absolute atomic E-state index is 5.49. The molecule has 21 heavy (non-hydrogen) atoms. The fraction of sp³-hybridized carbons (Fsp3) is 0.611. The molecule has 1 fully saturated rings. The predicted octanol–water partition coefficient (Wildman–Crippen LogP) is 4.07. The van der Waals surface area contributed by atoms with Crippen molar-refractivity contribution in [3.63, 3.8) is 0 Å². The van der Waals surface area contributed by atoms with Gasteiger partial charge in [-0.05, 0) is 43.4 Å². The minimum absolute atomic E-state index is 0.0676. The Morgan fingerprint density at radius 1 is 1.24 bits per heavy atom. The zero-order valence-electron chi connectivity index (χ0n) is 13.6. The van der Waals surface area contributed by atoms with Gasteiger partial charge in [0.15, 0.2) is 0 Å². The summed E-state index contributed by atoms with van der Waals surface area (Å²) in [6.45, 7) is 11.8. The lowest BCUT2D eigenvalue weighted by atomic mass is 9.94. The first-order chi connectivity index (χ1) is 9.95. The van der Waals surface area contributed by atoms with Gasteiger partial charge in [0.1, 0.15) is 5.82 Å². The molecule has 1 aliphatic heterocycles. The monoisotopic (exact) mass is 286 g/mol. The molecule has 0 spiro atoms. The Hall–Kier alpha value is -1.35. The number of benzene rings is 1. The van der Waals surface area contributed by atoms with E-state index in [0.29, 0.717) is 5.92 Å². The van der Waals surface area contributed by atoms with E-state index in [1.54, 1.807) is 0 Å². The Labute approximate surface area is 127 Å². The van der Waals surface area contributed by atoms with Gasteiger partial charge in [-0.25, -0.2) is 4.98 Å². The summed E-state index contributed by atoms with van der Waals surface area (Å²) in [5.41, 5.74) is 3.75. The van der Waals surface area contributed by atoms with Crippen molar-refractivity contribution in [2.75, 3.05) is 13.2 Å². The number of imidazole rings is 1. The van der Waals surface area contributed by atoms with Gasteiger partial charge in [-0.3, -0.25) is 0 Å². The molecular weight excluding hydrogens is 260 g/mol. The molecule has 2 heterocycles. The van der Waals surface area contributed by atoms with E-state index in [2.05, 4.69) is 50.5 Å². The van der Waals surface area contributed by atoms with Gasteiger partial charge in [0.25, 0.3) is 0 Å². The van der Waals surface area contributed by atoms with E-state index in [0.717, 1.165) is 38.1 Å². The lowest BCUT2D eigenvalue weighted by molar-refractivity contribution is 0.0611. The van der Waals surface area contributed by atoms with Crippen LogP contribution in [0.1, 0.15) is 45.0 Å².